The number of piperazine rings is 1. The van der Waals surface area contributed by atoms with E-state index in [9.17, 15) is 17.6 Å². The summed E-state index contributed by atoms with van der Waals surface area (Å²) in [5, 5.41) is 0.294. The van der Waals surface area contributed by atoms with Crippen LogP contribution in [-0.4, -0.2) is 60.5 Å². The van der Waals surface area contributed by atoms with E-state index in [1.807, 2.05) is 13.8 Å². The largest absolute Gasteiger partial charge is 0.483 e. The van der Waals surface area contributed by atoms with Crippen molar-refractivity contribution in [3.63, 3.8) is 0 Å². The van der Waals surface area contributed by atoms with Crippen LogP contribution in [0.4, 0.5) is 4.39 Å². The minimum atomic E-state index is -4.29. The molecular formula is C22H26ClFN2O5S. The Kier molecular flexibility index (Phi) is 7.76. The number of hydrogen-bond acceptors (Lipinski definition) is 5. The number of nitrogens with zero attached hydrogens (tertiary/aromatic N) is 2. The Hall–Kier alpha value is -2.20. The molecule has 1 aliphatic rings. The maximum absolute atomic E-state index is 13.1. The van der Waals surface area contributed by atoms with Gasteiger partial charge in [-0.2, -0.15) is 8.42 Å². The van der Waals surface area contributed by atoms with Gasteiger partial charge in [0.05, 0.1) is 0 Å². The third-order valence-corrected chi connectivity index (χ3v) is 6.36. The van der Waals surface area contributed by atoms with Gasteiger partial charge < -0.3 is 9.64 Å². The van der Waals surface area contributed by atoms with Crippen LogP contribution in [0.5, 0.6) is 5.75 Å². The van der Waals surface area contributed by atoms with Crippen molar-refractivity contribution in [2.24, 2.45) is 0 Å². The van der Waals surface area contributed by atoms with E-state index >= 15 is 0 Å². The number of ether oxygens (including phenoxy) is 1. The van der Waals surface area contributed by atoms with Gasteiger partial charge in [-0.1, -0.05) is 23.7 Å². The van der Waals surface area contributed by atoms with Crippen molar-refractivity contribution in [3.8, 4) is 5.75 Å². The van der Waals surface area contributed by atoms with Crippen LogP contribution in [0.25, 0.3) is 0 Å². The molecule has 1 heterocycles. The van der Waals surface area contributed by atoms with Gasteiger partial charge in [-0.15, -0.1) is 0 Å². The van der Waals surface area contributed by atoms with Gasteiger partial charge in [0, 0.05) is 42.3 Å². The molecule has 32 heavy (non-hydrogen) atoms. The number of benzene rings is 2. The predicted octanol–water partition coefficient (Wildman–Crippen LogP) is 3.37. The summed E-state index contributed by atoms with van der Waals surface area (Å²) in [5.74, 6) is -0.979. The summed E-state index contributed by atoms with van der Waals surface area (Å²) in [6.07, 6.45) is 0. The van der Waals surface area contributed by atoms with Crippen molar-refractivity contribution < 1.29 is 26.9 Å². The van der Waals surface area contributed by atoms with Crippen LogP contribution in [0, 0.1) is 5.82 Å². The lowest BCUT2D eigenvalue weighted by Crippen LogP contribution is -2.58. The van der Waals surface area contributed by atoms with Crippen LogP contribution in [0.2, 0.25) is 5.02 Å². The molecule has 0 aromatic heterocycles. The zero-order chi connectivity index (χ0) is 23.5. The van der Waals surface area contributed by atoms with Gasteiger partial charge in [-0.05, 0) is 49.7 Å². The third-order valence-electron chi connectivity index (χ3n) is 5.45. The van der Waals surface area contributed by atoms with Crippen LogP contribution in [0.1, 0.15) is 25.0 Å². The van der Waals surface area contributed by atoms with E-state index in [2.05, 4.69) is 4.90 Å². The fraction of sp³-hybridized carbons (Fsp3) is 0.409. The molecule has 174 valence electrons. The highest BCUT2D eigenvalue weighted by Crippen LogP contribution is 2.25. The first-order valence-corrected chi connectivity index (χ1v) is 12.1. The average molecular weight is 485 g/mol. The first-order chi connectivity index (χ1) is 15.0. The Morgan fingerprint density at radius 3 is 2.50 bits per heavy atom. The maximum atomic E-state index is 13.1. The monoisotopic (exact) mass is 484 g/mol. The third kappa shape index (κ3) is 6.65. The first-order valence-electron chi connectivity index (χ1n) is 10.2. The zero-order valence-corrected chi connectivity index (χ0v) is 19.4. The molecule has 0 aliphatic carbocycles. The van der Waals surface area contributed by atoms with Crippen LogP contribution >= 0.6 is 11.6 Å². The molecule has 0 spiro atoms. The molecule has 3 rings (SSSR count). The molecule has 0 unspecified atom stereocenters. The number of rotatable bonds is 7. The van der Waals surface area contributed by atoms with E-state index < -0.39 is 15.9 Å². The number of amides is 1. The second-order valence-electron chi connectivity index (χ2n) is 8.07. The van der Waals surface area contributed by atoms with E-state index in [-0.39, 0.29) is 41.7 Å². The summed E-state index contributed by atoms with van der Waals surface area (Å²) < 4.78 is 50.4. The molecule has 2 atom stereocenters. The molecule has 1 aliphatic heterocycles. The summed E-state index contributed by atoms with van der Waals surface area (Å²) in [6.45, 7) is 5.53. The van der Waals surface area contributed by atoms with E-state index in [4.69, 9.17) is 20.9 Å². The fourth-order valence-corrected chi connectivity index (χ4v) is 4.62. The molecule has 0 bridgehead atoms. The van der Waals surface area contributed by atoms with Gasteiger partial charge in [-0.25, -0.2) is 4.39 Å². The molecule has 7 nitrogen and oxygen atoms in total. The number of carbonyl (C=O) groups is 1. The highest BCUT2D eigenvalue weighted by molar-refractivity contribution is 7.85. The molecule has 1 saturated heterocycles. The second-order valence-corrected chi connectivity index (χ2v) is 9.96. The van der Waals surface area contributed by atoms with E-state index in [1.54, 1.807) is 17.0 Å². The Balaban J connectivity index is 1.61. The topological polar surface area (TPSA) is 87.2 Å². The summed E-state index contributed by atoms with van der Waals surface area (Å²) in [4.78, 5) is 16.8. The lowest BCUT2D eigenvalue weighted by Gasteiger charge is -2.44. The van der Waals surface area contributed by atoms with Gasteiger partial charge in [0.1, 0.15) is 17.3 Å². The van der Waals surface area contributed by atoms with Crippen molar-refractivity contribution in [1.29, 1.82) is 0 Å². The fourth-order valence-electron chi connectivity index (χ4n) is 3.81. The molecule has 0 radical (unpaired) electrons. The highest BCUT2D eigenvalue weighted by atomic mass is 35.5. The van der Waals surface area contributed by atoms with Gasteiger partial charge in [0.25, 0.3) is 16.0 Å². The number of carbonyl (C=O) groups excluding carboxylic acids is 1. The molecule has 0 saturated carbocycles. The molecule has 2 aromatic carbocycles. The lowest BCUT2D eigenvalue weighted by atomic mass is 10.1. The Bertz CT molecular complexity index is 1060. The predicted molar refractivity (Wildman–Crippen MR) is 120 cm³/mol. The standard InChI is InChI=1S/C22H26ClFN2O5S/c1-15-11-26(16(2)10-25(15)12-17-3-6-20(24)7-4-17)22(27)13-31-21-8-5-19(23)9-18(21)14-32(28,29)30/h3-9,15-16H,10-14H2,1-2H3,(H,28,29,30)/t15-,16+/m0/s1. The van der Waals surface area contributed by atoms with Gasteiger partial charge in [-0.3, -0.25) is 14.2 Å². The molecule has 2 aromatic rings. The highest BCUT2D eigenvalue weighted by Gasteiger charge is 2.32. The van der Waals surface area contributed by atoms with Crippen LogP contribution in [-0.2, 0) is 27.2 Å². The Morgan fingerprint density at radius 1 is 1.16 bits per heavy atom. The molecule has 10 heteroatoms. The smallest absolute Gasteiger partial charge is 0.269 e. The normalized spacial score (nSPS) is 19.7. The Labute approximate surface area is 192 Å². The molecule has 1 fully saturated rings. The van der Waals surface area contributed by atoms with E-state index in [1.165, 1.54) is 30.3 Å². The van der Waals surface area contributed by atoms with Crippen LogP contribution < -0.4 is 4.74 Å². The molecule has 1 amide bonds. The van der Waals surface area contributed by atoms with Gasteiger partial charge in [0.2, 0.25) is 0 Å². The van der Waals surface area contributed by atoms with Crippen LogP contribution in [0.15, 0.2) is 42.5 Å². The quantitative estimate of drug-likeness (QED) is 0.606. The summed E-state index contributed by atoms with van der Waals surface area (Å²) in [5.41, 5.74) is 1.18. The Morgan fingerprint density at radius 2 is 1.84 bits per heavy atom. The van der Waals surface area contributed by atoms with E-state index in [0.29, 0.717) is 24.7 Å². The second kappa shape index (κ2) is 10.2. The van der Waals surface area contributed by atoms with Crippen molar-refractivity contribution in [2.45, 2.75) is 38.2 Å². The minimum absolute atomic E-state index is 0.0646. The zero-order valence-electron chi connectivity index (χ0n) is 17.9. The summed E-state index contributed by atoms with van der Waals surface area (Å²) >= 11 is 5.91. The summed E-state index contributed by atoms with van der Waals surface area (Å²) in [7, 11) is -4.29. The first kappa shape index (κ1) is 24.4. The van der Waals surface area contributed by atoms with Crippen molar-refractivity contribution in [1.82, 2.24) is 9.80 Å². The van der Waals surface area contributed by atoms with Gasteiger partial charge in [0.15, 0.2) is 6.61 Å². The van der Waals surface area contributed by atoms with Crippen LogP contribution in [0.3, 0.4) is 0 Å². The van der Waals surface area contributed by atoms with Crippen molar-refractivity contribution >= 4 is 27.6 Å². The van der Waals surface area contributed by atoms with E-state index in [0.717, 1.165) is 5.56 Å². The maximum Gasteiger partial charge on any atom is 0.269 e. The van der Waals surface area contributed by atoms with Crippen molar-refractivity contribution in [2.75, 3.05) is 19.7 Å². The van der Waals surface area contributed by atoms with Crippen molar-refractivity contribution in [3.05, 3.63) is 64.4 Å². The number of hydrogen-bond donors (Lipinski definition) is 1. The van der Waals surface area contributed by atoms with Gasteiger partial charge >= 0.3 is 0 Å². The molecule has 1 N–H and O–H groups in total. The summed E-state index contributed by atoms with van der Waals surface area (Å²) in [6, 6.07) is 10.8. The SMILES string of the molecule is C[C@@H]1CN(Cc2ccc(F)cc2)[C@@H](C)CN1C(=O)COc1ccc(Cl)cc1CS(=O)(=O)O. The average Bonchev–Trinajstić information content (AvgIpc) is 2.70. The minimum Gasteiger partial charge on any atom is -0.483 e. The lowest BCUT2D eigenvalue weighted by molar-refractivity contribution is -0.139. The number of halogens is 2. The molecular weight excluding hydrogens is 459 g/mol.